The van der Waals surface area contributed by atoms with Crippen LogP contribution >= 0.6 is 0 Å². The molecule has 0 amide bonds. The minimum Gasteiger partial charge on any atom is -0.490 e. The average molecular weight is 531 g/mol. The quantitative estimate of drug-likeness (QED) is 0.341. The highest BCUT2D eigenvalue weighted by atomic mass is 19.1. The van der Waals surface area contributed by atoms with Crippen LogP contribution in [0.15, 0.2) is 53.6 Å². The summed E-state index contributed by atoms with van der Waals surface area (Å²) in [6.07, 6.45) is 3.26. The Kier molecular flexibility index (Phi) is 6.76. The maximum atomic E-state index is 15.5. The zero-order valence-corrected chi connectivity index (χ0v) is 22.7. The van der Waals surface area contributed by atoms with Crippen molar-refractivity contribution in [2.45, 2.75) is 52.2 Å². The van der Waals surface area contributed by atoms with Crippen LogP contribution < -0.4 is 10.3 Å². The lowest BCUT2D eigenvalue weighted by atomic mass is 9.87. The number of hydrogen-bond donors (Lipinski definition) is 1. The van der Waals surface area contributed by atoms with E-state index in [0.717, 1.165) is 28.7 Å². The highest BCUT2D eigenvalue weighted by molar-refractivity contribution is 6.01. The van der Waals surface area contributed by atoms with E-state index in [-0.39, 0.29) is 17.0 Å². The van der Waals surface area contributed by atoms with Crippen molar-refractivity contribution in [2.24, 2.45) is 7.05 Å². The van der Waals surface area contributed by atoms with Gasteiger partial charge in [0.05, 0.1) is 17.9 Å². The van der Waals surface area contributed by atoms with E-state index >= 15 is 4.39 Å². The second-order valence-corrected chi connectivity index (χ2v) is 10.9. The Balaban J connectivity index is 1.91. The summed E-state index contributed by atoms with van der Waals surface area (Å²) >= 11 is 0. The Hall–Kier alpha value is -4.04. The summed E-state index contributed by atoms with van der Waals surface area (Å²) in [7, 11) is 1.54. The molecular formula is C31H31FN2O5. The number of benzene rings is 2. The minimum atomic E-state index is -1.48. The van der Waals surface area contributed by atoms with Crippen molar-refractivity contribution in [3.63, 3.8) is 0 Å². The van der Waals surface area contributed by atoms with Crippen molar-refractivity contribution in [1.82, 2.24) is 9.55 Å². The molecule has 39 heavy (non-hydrogen) atoms. The Morgan fingerprint density at radius 3 is 2.51 bits per heavy atom. The van der Waals surface area contributed by atoms with Gasteiger partial charge in [0.15, 0.2) is 17.7 Å². The number of nitrogens with zero attached hydrogens (tertiary/aromatic N) is 2. The van der Waals surface area contributed by atoms with Crippen LogP contribution in [-0.2, 0) is 23.0 Å². The molecule has 0 fully saturated rings. The molecule has 0 saturated heterocycles. The molecule has 5 rings (SSSR count). The predicted octanol–water partition coefficient (Wildman–Crippen LogP) is 5.98. The second-order valence-electron chi connectivity index (χ2n) is 10.9. The van der Waals surface area contributed by atoms with Gasteiger partial charge in [-0.2, -0.15) is 0 Å². The van der Waals surface area contributed by atoms with E-state index in [1.165, 1.54) is 17.7 Å². The number of carbonyl (C=O) groups is 1. The van der Waals surface area contributed by atoms with Crippen LogP contribution in [0.4, 0.5) is 4.39 Å². The third-order valence-electron chi connectivity index (χ3n) is 7.10. The second kappa shape index (κ2) is 9.93. The molecule has 4 aromatic rings. The van der Waals surface area contributed by atoms with E-state index in [1.807, 2.05) is 25.1 Å². The predicted molar refractivity (Wildman–Crippen MR) is 148 cm³/mol. The summed E-state index contributed by atoms with van der Waals surface area (Å²) in [6.45, 7) is 7.58. The van der Waals surface area contributed by atoms with Gasteiger partial charge >= 0.3 is 5.97 Å². The summed E-state index contributed by atoms with van der Waals surface area (Å²) in [6, 6.07) is 10.5. The fraction of sp³-hybridized carbons (Fsp3) is 0.323. The van der Waals surface area contributed by atoms with E-state index in [1.54, 1.807) is 45.3 Å². The molecule has 0 radical (unpaired) electrons. The van der Waals surface area contributed by atoms with Crippen LogP contribution in [0.1, 0.15) is 50.1 Å². The van der Waals surface area contributed by atoms with Gasteiger partial charge in [0.2, 0.25) is 0 Å². The molecule has 2 aromatic heterocycles. The van der Waals surface area contributed by atoms with Gasteiger partial charge in [-0.15, -0.1) is 0 Å². The zero-order valence-electron chi connectivity index (χ0n) is 22.7. The number of fused-ring (bicyclic) bond motifs is 2. The molecule has 1 aliphatic heterocycles. The Morgan fingerprint density at radius 1 is 1.13 bits per heavy atom. The van der Waals surface area contributed by atoms with Crippen LogP contribution in [-0.4, -0.2) is 32.8 Å². The first-order valence-electron chi connectivity index (χ1n) is 12.9. The van der Waals surface area contributed by atoms with Crippen molar-refractivity contribution >= 4 is 16.7 Å². The van der Waals surface area contributed by atoms with Crippen LogP contribution in [0.2, 0.25) is 0 Å². The number of aromatic nitrogens is 2. The normalized spacial score (nSPS) is 14.1. The monoisotopic (exact) mass is 530 g/mol. The molecule has 8 heteroatoms. The Morgan fingerprint density at radius 2 is 1.85 bits per heavy atom. The smallest absolute Gasteiger partial charge is 0.339 e. The zero-order chi connectivity index (χ0) is 28.1. The minimum absolute atomic E-state index is 0.158. The van der Waals surface area contributed by atoms with Crippen molar-refractivity contribution in [3.8, 4) is 28.0 Å². The van der Waals surface area contributed by atoms with Gasteiger partial charge in [0.25, 0.3) is 5.56 Å². The lowest BCUT2D eigenvalue weighted by Gasteiger charge is -2.29. The third-order valence-corrected chi connectivity index (χ3v) is 7.10. The van der Waals surface area contributed by atoms with Crippen molar-refractivity contribution in [1.29, 1.82) is 0 Å². The number of carboxylic acids is 1. The first-order chi connectivity index (χ1) is 18.5. The number of rotatable bonds is 5. The van der Waals surface area contributed by atoms with Crippen LogP contribution in [0.5, 0.6) is 5.75 Å². The van der Waals surface area contributed by atoms with Crippen molar-refractivity contribution in [2.75, 3.05) is 6.61 Å². The molecular weight excluding hydrogens is 499 g/mol. The summed E-state index contributed by atoms with van der Waals surface area (Å²) in [4.78, 5) is 30.5. The summed E-state index contributed by atoms with van der Waals surface area (Å²) in [5.41, 5.74) is 3.14. The van der Waals surface area contributed by atoms with Crippen LogP contribution in [0.25, 0.3) is 33.0 Å². The molecule has 202 valence electrons. The first kappa shape index (κ1) is 26.6. The van der Waals surface area contributed by atoms with Gasteiger partial charge in [0, 0.05) is 36.0 Å². The Bertz CT molecular complexity index is 1650. The molecule has 0 bridgehead atoms. The van der Waals surface area contributed by atoms with Gasteiger partial charge < -0.3 is 19.1 Å². The molecule has 1 aliphatic rings. The Labute approximate surface area is 225 Å². The molecule has 1 N–H and O–H groups in total. The highest BCUT2D eigenvalue weighted by Gasteiger charge is 2.34. The van der Waals surface area contributed by atoms with E-state index in [9.17, 15) is 14.7 Å². The number of hydrogen-bond acceptors (Lipinski definition) is 5. The SMILES string of the molecule is Cc1c(-c2c(C(OC(C)(C)C)C(=O)O)n(C)c(=O)c3cc(-c4ccncc4)ccc23)cc(F)c2c1CCCO2. The number of ether oxygens (including phenoxy) is 2. The van der Waals surface area contributed by atoms with Gasteiger partial charge in [0.1, 0.15) is 0 Å². The molecule has 1 atom stereocenters. The molecule has 1 unspecified atom stereocenters. The number of aliphatic carboxylic acids is 1. The first-order valence-corrected chi connectivity index (χ1v) is 12.9. The summed E-state index contributed by atoms with van der Waals surface area (Å²) in [5.74, 6) is -1.53. The topological polar surface area (TPSA) is 90.7 Å². The highest BCUT2D eigenvalue weighted by Crippen LogP contribution is 2.43. The fourth-order valence-electron chi connectivity index (χ4n) is 5.34. The maximum Gasteiger partial charge on any atom is 0.339 e. The standard InChI is InChI=1S/C31H31FN2O5/c1-17-20-7-6-14-38-27(20)24(32)16-22(17)25-21-9-8-19(18-10-12-33-13-11-18)15-23(21)29(35)34(5)26(25)28(30(36)37)39-31(2,3)4/h8-13,15-16,28H,6-7,14H2,1-5H3,(H,36,37). The fourth-order valence-corrected chi connectivity index (χ4v) is 5.34. The maximum absolute atomic E-state index is 15.5. The number of carboxylic acid groups (broad SMARTS) is 1. The van der Waals surface area contributed by atoms with E-state index in [0.29, 0.717) is 34.9 Å². The average Bonchev–Trinajstić information content (AvgIpc) is 2.91. The summed E-state index contributed by atoms with van der Waals surface area (Å²) in [5, 5.41) is 11.2. The molecule has 7 nitrogen and oxygen atoms in total. The third kappa shape index (κ3) is 4.81. The van der Waals surface area contributed by atoms with Gasteiger partial charge in [-0.25, -0.2) is 9.18 Å². The number of halogens is 1. The van der Waals surface area contributed by atoms with Crippen LogP contribution in [0, 0.1) is 12.7 Å². The summed E-state index contributed by atoms with van der Waals surface area (Å²) < 4.78 is 28.5. The van der Waals surface area contributed by atoms with E-state index in [2.05, 4.69) is 4.98 Å². The van der Waals surface area contributed by atoms with E-state index in [4.69, 9.17) is 9.47 Å². The molecule has 0 spiro atoms. The molecule has 2 aromatic carbocycles. The lowest BCUT2D eigenvalue weighted by molar-refractivity contribution is -0.161. The van der Waals surface area contributed by atoms with Gasteiger partial charge in [-0.1, -0.05) is 12.1 Å². The molecule has 0 saturated carbocycles. The van der Waals surface area contributed by atoms with E-state index < -0.39 is 23.5 Å². The molecule has 0 aliphatic carbocycles. The van der Waals surface area contributed by atoms with Crippen molar-refractivity contribution in [3.05, 3.63) is 81.8 Å². The van der Waals surface area contributed by atoms with Gasteiger partial charge in [-0.05, 0) is 92.4 Å². The van der Waals surface area contributed by atoms with Crippen LogP contribution in [0.3, 0.4) is 0 Å². The molecule has 3 heterocycles. The number of pyridine rings is 2. The lowest BCUT2D eigenvalue weighted by Crippen LogP contribution is -2.33. The van der Waals surface area contributed by atoms with Gasteiger partial charge in [-0.3, -0.25) is 9.78 Å². The largest absolute Gasteiger partial charge is 0.490 e. The van der Waals surface area contributed by atoms with Crippen molar-refractivity contribution < 1.29 is 23.8 Å².